The van der Waals surface area contributed by atoms with E-state index in [1.165, 1.54) is 7.11 Å². The highest BCUT2D eigenvalue weighted by molar-refractivity contribution is 6.07. The molecule has 0 spiro atoms. The molecule has 110 valence electrons. The van der Waals surface area contributed by atoms with Crippen molar-refractivity contribution in [2.75, 3.05) is 18.2 Å². The van der Waals surface area contributed by atoms with E-state index in [0.29, 0.717) is 29.2 Å². The van der Waals surface area contributed by atoms with Gasteiger partial charge in [0.05, 0.1) is 24.0 Å². The highest BCUT2D eigenvalue weighted by atomic mass is 16.5. The second kappa shape index (κ2) is 6.13. The first-order valence-corrected chi connectivity index (χ1v) is 6.51. The number of aryl methyl sites for hydroxylation is 1. The largest absolute Gasteiger partial charge is 0.465 e. The number of amides is 1. The van der Waals surface area contributed by atoms with Crippen LogP contribution in [0.5, 0.6) is 0 Å². The maximum absolute atomic E-state index is 12.3. The van der Waals surface area contributed by atoms with Crippen LogP contribution in [0.25, 0.3) is 0 Å². The van der Waals surface area contributed by atoms with Gasteiger partial charge < -0.3 is 20.4 Å². The van der Waals surface area contributed by atoms with Crippen LogP contribution in [0, 0.1) is 0 Å². The fourth-order valence-corrected chi connectivity index (χ4v) is 2.05. The van der Waals surface area contributed by atoms with Crippen molar-refractivity contribution in [2.24, 2.45) is 0 Å². The van der Waals surface area contributed by atoms with E-state index in [1.54, 1.807) is 41.1 Å². The smallest absolute Gasteiger partial charge is 0.339 e. The molecule has 1 heterocycles. The van der Waals surface area contributed by atoms with Gasteiger partial charge >= 0.3 is 5.97 Å². The Bertz CT molecular complexity index is 677. The molecule has 2 rings (SSSR count). The standard InChI is InChI=1S/C15H17N3O3/c1-3-18-9-10(16)8-13(18)14(19)17-12-7-5-4-6-11(12)15(20)21-2/h4-9H,3,16H2,1-2H3,(H,17,19). The summed E-state index contributed by atoms with van der Waals surface area (Å²) in [7, 11) is 1.30. The lowest BCUT2D eigenvalue weighted by Gasteiger charge is -2.10. The quantitative estimate of drug-likeness (QED) is 0.843. The zero-order chi connectivity index (χ0) is 15.4. The predicted octanol–water partition coefficient (Wildman–Crippen LogP) is 2.13. The number of nitrogens with zero attached hydrogens (tertiary/aromatic N) is 1. The van der Waals surface area contributed by atoms with Crippen molar-refractivity contribution in [1.82, 2.24) is 4.57 Å². The van der Waals surface area contributed by atoms with Crippen molar-refractivity contribution in [1.29, 1.82) is 0 Å². The van der Waals surface area contributed by atoms with Crippen molar-refractivity contribution in [3.8, 4) is 0 Å². The summed E-state index contributed by atoms with van der Waals surface area (Å²) in [4.78, 5) is 24.0. The molecule has 0 aliphatic carbocycles. The Balaban J connectivity index is 2.30. The zero-order valence-electron chi connectivity index (χ0n) is 11.9. The summed E-state index contributed by atoms with van der Waals surface area (Å²) in [6.07, 6.45) is 1.70. The van der Waals surface area contributed by atoms with E-state index in [1.807, 2.05) is 6.92 Å². The van der Waals surface area contributed by atoms with E-state index in [4.69, 9.17) is 10.5 Å². The van der Waals surface area contributed by atoms with Crippen LogP contribution in [0.1, 0.15) is 27.8 Å². The van der Waals surface area contributed by atoms with Gasteiger partial charge in [-0.1, -0.05) is 12.1 Å². The van der Waals surface area contributed by atoms with E-state index in [0.717, 1.165) is 0 Å². The van der Waals surface area contributed by atoms with Crippen molar-refractivity contribution in [3.05, 3.63) is 47.8 Å². The summed E-state index contributed by atoms with van der Waals surface area (Å²) < 4.78 is 6.44. The molecule has 0 fully saturated rings. The molecule has 0 unspecified atom stereocenters. The molecule has 0 bridgehead atoms. The SMILES string of the molecule is CCn1cc(N)cc1C(=O)Nc1ccccc1C(=O)OC. The molecule has 3 N–H and O–H groups in total. The average Bonchev–Trinajstić information content (AvgIpc) is 2.88. The summed E-state index contributed by atoms with van der Waals surface area (Å²) in [5.41, 5.74) is 7.37. The molecule has 0 radical (unpaired) electrons. The Morgan fingerprint density at radius 3 is 2.71 bits per heavy atom. The lowest BCUT2D eigenvalue weighted by Crippen LogP contribution is -2.18. The molecule has 0 saturated heterocycles. The Kier molecular flexibility index (Phi) is 4.27. The maximum atomic E-state index is 12.3. The third kappa shape index (κ3) is 3.05. The van der Waals surface area contributed by atoms with Gasteiger partial charge in [0.15, 0.2) is 0 Å². The molecular weight excluding hydrogens is 270 g/mol. The third-order valence-corrected chi connectivity index (χ3v) is 3.07. The van der Waals surface area contributed by atoms with Crippen LogP contribution in [-0.2, 0) is 11.3 Å². The first kappa shape index (κ1) is 14.6. The average molecular weight is 287 g/mol. The van der Waals surface area contributed by atoms with Crippen molar-refractivity contribution < 1.29 is 14.3 Å². The van der Waals surface area contributed by atoms with Gasteiger partial charge in [0, 0.05) is 12.7 Å². The number of rotatable bonds is 4. The number of nitrogens with two attached hydrogens (primary N) is 1. The van der Waals surface area contributed by atoms with Crippen LogP contribution < -0.4 is 11.1 Å². The van der Waals surface area contributed by atoms with Crippen LogP contribution >= 0.6 is 0 Å². The number of esters is 1. The number of ether oxygens (including phenoxy) is 1. The lowest BCUT2D eigenvalue weighted by molar-refractivity contribution is 0.0602. The molecule has 2 aromatic rings. The van der Waals surface area contributed by atoms with E-state index >= 15 is 0 Å². The van der Waals surface area contributed by atoms with Crippen LogP contribution in [-0.4, -0.2) is 23.6 Å². The van der Waals surface area contributed by atoms with E-state index < -0.39 is 5.97 Å². The van der Waals surface area contributed by atoms with Gasteiger partial charge in [-0.15, -0.1) is 0 Å². The van der Waals surface area contributed by atoms with Crippen molar-refractivity contribution in [3.63, 3.8) is 0 Å². The molecule has 21 heavy (non-hydrogen) atoms. The molecule has 6 heteroatoms. The number of hydrogen-bond donors (Lipinski definition) is 2. The number of methoxy groups -OCH3 is 1. The Hall–Kier alpha value is -2.76. The summed E-state index contributed by atoms with van der Waals surface area (Å²) in [5, 5.41) is 2.71. The van der Waals surface area contributed by atoms with Gasteiger partial charge in [-0.05, 0) is 25.1 Å². The number of carbonyl (C=O) groups is 2. The van der Waals surface area contributed by atoms with Crippen LogP contribution in [0.15, 0.2) is 36.5 Å². The Labute approximate surface area is 122 Å². The van der Waals surface area contributed by atoms with E-state index in [2.05, 4.69) is 5.32 Å². The molecule has 1 amide bonds. The normalized spacial score (nSPS) is 10.2. The van der Waals surface area contributed by atoms with Gasteiger partial charge in [-0.3, -0.25) is 4.79 Å². The first-order valence-electron chi connectivity index (χ1n) is 6.51. The second-order valence-corrected chi connectivity index (χ2v) is 4.44. The number of anilines is 2. The highest BCUT2D eigenvalue weighted by Gasteiger charge is 2.16. The minimum absolute atomic E-state index is 0.302. The van der Waals surface area contributed by atoms with Crippen LogP contribution in [0.4, 0.5) is 11.4 Å². The molecule has 1 aromatic heterocycles. The minimum atomic E-state index is -0.503. The molecular formula is C15H17N3O3. The number of nitrogen functional groups attached to an aromatic ring is 1. The summed E-state index contributed by atoms with van der Waals surface area (Å²) >= 11 is 0. The van der Waals surface area contributed by atoms with Crippen molar-refractivity contribution >= 4 is 23.3 Å². The second-order valence-electron chi connectivity index (χ2n) is 4.44. The molecule has 0 atom stereocenters. The van der Waals surface area contributed by atoms with E-state index in [-0.39, 0.29) is 5.91 Å². The molecule has 1 aromatic carbocycles. The predicted molar refractivity (Wildman–Crippen MR) is 80.3 cm³/mol. The number of hydrogen-bond acceptors (Lipinski definition) is 4. The van der Waals surface area contributed by atoms with Gasteiger partial charge in [-0.25, -0.2) is 4.79 Å². The van der Waals surface area contributed by atoms with Gasteiger partial charge in [0.2, 0.25) is 0 Å². The fraction of sp³-hybridized carbons (Fsp3) is 0.200. The Morgan fingerprint density at radius 1 is 1.33 bits per heavy atom. The van der Waals surface area contributed by atoms with Crippen LogP contribution in [0.2, 0.25) is 0 Å². The highest BCUT2D eigenvalue weighted by Crippen LogP contribution is 2.18. The minimum Gasteiger partial charge on any atom is -0.465 e. The third-order valence-electron chi connectivity index (χ3n) is 3.07. The van der Waals surface area contributed by atoms with Gasteiger partial charge in [0.25, 0.3) is 5.91 Å². The van der Waals surface area contributed by atoms with Gasteiger partial charge in [-0.2, -0.15) is 0 Å². The number of nitrogens with one attached hydrogen (secondary N) is 1. The molecule has 0 saturated carbocycles. The van der Waals surface area contributed by atoms with Crippen LogP contribution in [0.3, 0.4) is 0 Å². The number of benzene rings is 1. The fourth-order valence-electron chi connectivity index (χ4n) is 2.05. The van der Waals surface area contributed by atoms with E-state index in [9.17, 15) is 9.59 Å². The topological polar surface area (TPSA) is 86.4 Å². The first-order chi connectivity index (χ1) is 10.1. The van der Waals surface area contributed by atoms with Gasteiger partial charge in [0.1, 0.15) is 5.69 Å². The number of aromatic nitrogens is 1. The number of para-hydroxylation sites is 1. The monoisotopic (exact) mass is 287 g/mol. The summed E-state index contributed by atoms with van der Waals surface area (Å²) in [6, 6.07) is 8.27. The lowest BCUT2D eigenvalue weighted by atomic mass is 10.1. The zero-order valence-corrected chi connectivity index (χ0v) is 11.9. The molecule has 0 aliphatic rings. The Morgan fingerprint density at radius 2 is 2.05 bits per heavy atom. The molecule has 6 nitrogen and oxygen atoms in total. The molecule has 0 aliphatic heterocycles. The maximum Gasteiger partial charge on any atom is 0.339 e. The number of carbonyl (C=O) groups excluding carboxylic acids is 2. The summed E-state index contributed by atoms with van der Waals surface area (Å²) in [6.45, 7) is 2.54. The summed E-state index contributed by atoms with van der Waals surface area (Å²) in [5.74, 6) is -0.832. The van der Waals surface area contributed by atoms with Crippen molar-refractivity contribution in [2.45, 2.75) is 13.5 Å².